The van der Waals surface area contributed by atoms with Crippen LogP contribution in [0.25, 0.3) is 6.08 Å². The highest BCUT2D eigenvalue weighted by Crippen LogP contribution is 2.13. The van der Waals surface area contributed by atoms with E-state index in [-0.39, 0.29) is 0 Å². The summed E-state index contributed by atoms with van der Waals surface area (Å²) in [6.45, 7) is 6.76. The zero-order valence-corrected chi connectivity index (χ0v) is 11.1. The summed E-state index contributed by atoms with van der Waals surface area (Å²) in [5.41, 5.74) is 0.708. The fourth-order valence-corrected chi connectivity index (χ4v) is 2.26. The van der Waals surface area contributed by atoms with E-state index < -0.39 is 8.32 Å². The lowest BCUT2D eigenvalue weighted by molar-refractivity contribution is -0.105. The second-order valence-electron chi connectivity index (χ2n) is 4.25. The van der Waals surface area contributed by atoms with Gasteiger partial charge in [-0.3, -0.25) is 4.79 Å². The van der Waals surface area contributed by atoms with E-state index in [1.165, 1.54) is 0 Å². The molecule has 0 aromatic carbocycles. The molecule has 2 nitrogen and oxygen atoms in total. The van der Waals surface area contributed by atoms with Gasteiger partial charge in [0.05, 0.1) is 6.61 Å². The molecule has 1 aromatic rings. The van der Waals surface area contributed by atoms with Crippen molar-refractivity contribution in [2.24, 2.45) is 0 Å². The third kappa shape index (κ3) is 5.06. The second-order valence-corrected chi connectivity index (χ2v) is 9.75. The van der Waals surface area contributed by atoms with E-state index in [1.54, 1.807) is 11.3 Å². The van der Waals surface area contributed by atoms with E-state index in [9.17, 15) is 4.79 Å². The Morgan fingerprint density at radius 3 is 2.73 bits per heavy atom. The fourth-order valence-electron chi connectivity index (χ4n) is 0.966. The van der Waals surface area contributed by atoms with Crippen LogP contribution in [0, 0.1) is 0 Å². The van der Waals surface area contributed by atoms with E-state index in [4.69, 9.17) is 4.43 Å². The van der Waals surface area contributed by atoms with Crippen LogP contribution in [0.2, 0.25) is 19.6 Å². The maximum Gasteiger partial charge on any atom is 0.184 e. The molecule has 0 unspecified atom stereocenters. The average Bonchev–Trinajstić information content (AvgIpc) is 2.63. The van der Waals surface area contributed by atoms with Gasteiger partial charge in [0.15, 0.2) is 8.32 Å². The molecule has 0 N–H and O–H groups in total. The standard InChI is InChI=1S/C11H16O2SSi/c1-15(2,3)13-9-10(8-12)7-11-5-4-6-14-11/h4-8H,9H2,1-3H3/b10-7-. The SMILES string of the molecule is C[Si](C)(C)OC/C(C=O)=C\c1cccs1. The minimum atomic E-state index is -1.53. The van der Waals surface area contributed by atoms with Gasteiger partial charge in [-0.15, -0.1) is 11.3 Å². The van der Waals surface area contributed by atoms with Gasteiger partial charge in [-0.1, -0.05) is 6.07 Å². The molecule has 0 fully saturated rings. The van der Waals surface area contributed by atoms with Crippen molar-refractivity contribution in [1.82, 2.24) is 0 Å². The summed E-state index contributed by atoms with van der Waals surface area (Å²) in [5.74, 6) is 0. The van der Waals surface area contributed by atoms with Crippen LogP contribution in [0.3, 0.4) is 0 Å². The number of hydrogen-bond donors (Lipinski definition) is 0. The van der Waals surface area contributed by atoms with Crippen LogP contribution in [-0.4, -0.2) is 21.2 Å². The molecule has 0 aliphatic carbocycles. The van der Waals surface area contributed by atoms with E-state index in [1.807, 2.05) is 23.6 Å². The van der Waals surface area contributed by atoms with Crippen LogP contribution in [0.4, 0.5) is 0 Å². The smallest absolute Gasteiger partial charge is 0.184 e. The lowest BCUT2D eigenvalue weighted by Crippen LogP contribution is -2.26. The number of thiophene rings is 1. The first kappa shape index (κ1) is 12.4. The van der Waals surface area contributed by atoms with Gasteiger partial charge < -0.3 is 4.43 Å². The molecule has 1 aromatic heterocycles. The number of rotatable bonds is 5. The molecule has 1 rings (SSSR count). The van der Waals surface area contributed by atoms with Gasteiger partial charge in [0.2, 0.25) is 0 Å². The van der Waals surface area contributed by atoms with Crippen molar-refractivity contribution in [3.8, 4) is 0 Å². The van der Waals surface area contributed by atoms with Crippen molar-refractivity contribution >= 4 is 32.0 Å². The van der Waals surface area contributed by atoms with Crippen LogP contribution in [-0.2, 0) is 9.22 Å². The molecule has 1 heterocycles. The molecule has 0 spiro atoms. The summed E-state index contributed by atoms with van der Waals surface area (Å²) in [7, 11) is -1.53. The molecule has 0 amide bonds. The van der Waals surface area contributed by atoms with Crippen molar-refractivity contribution in [3.05, 3.63) is 28.0 Å². The number of hydrogen-bond acceptors (Lipinski definition) is 3. The lowest BCUT2D eigenvalue weighted by atomic mass is 10.3. The third-order valence-electron chi connectivity index (χ3n) is 1.69. The van der Waals surface area contributed by atoms with Gasteiger partial charge in [0, 0.05) is 10.5 Å². The van der Waals surface area contributed by atoms with Crippen LogP contribution in [0.1, 0.15) is 4.88 Å². The van der Waals surface area contributed by atoms with Gasteiger partial charge >= 0.3 is 0 Å². The Balaban J connectivity index is 2.61. The third-order valence-corrected chi connectivity index (χ3v) is 3.52. The number of carbonyl (C=O) groups excluding carboxylic acids is 1. The van der Waals surface area contributed by atoms with Crippen LogP contribution < -0.4 is 0 Å². The Morgan fingerprint density at radius 2 is 2.27 bits per heavy atom. The summed E-state index contributed by atoms with van der Waals surface area (Å²) in [6, 6.07) is 3.96. The summed E-state index contributed by atoms with van der Waals surface area (Å²) >= 11 is 1.62. The molecule has 0 aliphatic rings. The van der Waals surface area contributed by atoms with Crippen molar-refractivity contribution in [3.63, 3.8) is 0 Å². The topological polar surface area (TPSA) is 26.3 Å². The van der Waals surface area contributed by atoms with E-state index >= 15 is 0 Å². The summed E-state index contributed by atoms with van der Waals surface area (Å²) < 4.78 is 5.68. The Kier molecular flexibility index (Phi) is 4.44. The molecule has 0 aliphatic heterocycles. The first-order valence-electron chi connectivity index (χ1n) is 4.84. The highest BCUT2D eigenvalue weighted by atomic mass is 32.1. The van der Waals surface area contributed by atoms with Crippen molar-refractivity contribution in [1.29, 1.82) is 0 Å². The van der Waals surface area contributed by atoms with Gasteiger partial charge in [0.25, 0.3) is 0 Å². The predicted octanol–water partition coefficient (Wildman–Crippen LogP) is 3.18. The molecule has 0 bridgehead atoms. The van der Waals surface area contributed by atoms with Crippen LogP contribution in [0.15, 0.2) is 23.1 Å². The zero-order chi connectivity index (χ0) is 11.3. The van der Waals surface area contributed by atoms with Crippen LogP contribution in [0.5, 0.6) is 0 Å². The largest absolute Gasteiger partial charge is 0.413 e. The quantitative estimate of drug-likeness (QED) is 0.449. The minimum Gasteiger partial charge on any atom is -0.413 e. The van der Waals surface area contributed by atoms with Crippen molar-refractivity contribution in [2.45, 2.75) is 19.6 Å². The highest BCUT2D eigenvalue weighted by Gasteiger charge is 2.14. The first-order valence-corrected chi connectivity index (χ1v) is 9.13. The van der Waals surface area contributed by atoms with Crippen molar-refractivity contribution < 1.29 is 9.22 Å². The molecule has 0 atom stereocenters. The minimum absolute atomic E-state index is 0.428. The molecule has 0 saturated heterocycles. The number of carbonyl (C=O) groups is 1. The van der Waals surface area contributed by atoms with Gasteiger partial charge in [-0.2, -0.15) is 0 Å². The first-order chi connectivity index (χ1) is 7.01. The van der Waals surface area contributed by atoms with Gasteiger partial charge in [-0.05, 0) is 37.2 Å². The van der Waals surface area contributed by atoms with E-state index in [2.05, 4.69) is 19.6 Å². The molecule has 0 radical (unpaired) electrons. The monoisotopic (exact) mass is 240 g/mol. The number of aldehydes is 1. The molecule has 0 saturated carbocycles. The highest BCUT2D eigenvalue weighted by molar-refractivity contribution is 7.10. The Morgan fingerprint density at radius 1 is 1.53 bits per heavy atom. The average molecular weight is 240 g/mol. The molecular formula is C11H16O2SSi. The van der Waals surface area contributed by atoms with Gasteiger partial charge in [0.1, 0.15) is 6.29 Å². The molecule has 15 heavy (non-hydrogen) atoms. The normalized spacial score (nSPS) is 12.9. The van der Waals surface area contributed by atoms with E-state index in [0.29, 0.717) is 12.2 Å². The predicted molar refractivity (Wildman–Crippen MR) is 67.7 cm³/mol. The van der Waals surface area contributed by atoms with Crippen molar-refractivity contribution in [2.75, 3.05) is 6.61 Å². The molecule has 82 valence electrons. The molecular weight excluding hydrogens is 224 g/mol. The Bertz CT molecular complexity index is 336. The molecule has 4 heteroatoms. The summed E-state index contributed by atoms with van der Waals surface area (Å²) in [4.78, 5) is 11.9. The van der Waals surface area contributed by atoms with Crippen LogP contribution >= 0.6 is 11.3 Å². The maximum atomic E-state index is 10.8. The summed E-state index contributed by atoms with van der Waals surface area (Å²) in [5, 5.41) is 1.99. The summed E-state index contributed by atoms with van der Waals surface area (Å²) in [6.07, 6.45) is 2.76. The second kappa shape index (κ2) is 5.39. The maximum absolute atomic E-state index is 10.8. The Labute approximate surface area is 95.7 Å². The zero-order valence-electron chi connectivity index (χ0n) is 9.32. The Hall–Kier alpha value is -0.713. The van der Waals surface area contributed by atoms with E-state index in [0.717, 1.165) is 11.2 Å². The van der Waals surface area contributed by atoms with Gasteiger partial charge in [-0.25, -0.2) is 0 Å². The fraction of sp³-hybridized carbons (Fsp3) is 0.364. The lowest BCUT2D eigenvalue weighted by Gasteiger charge is -2.16.